The number of aromatic nitrogens is 1. The highest BCUT2D eigenvalue weighted by Gasteiger charge is 2.26. The first-order valence-electron chi connectivity index (χ1n) is 16.3. The van der Waals surface area contributed by atoms with Gasteiger partial charge in [-0.2, -0.15) is 10.2 Å². The van der Waals surface area contributed by atoms with Gasteiger partial charge in [0.25, 0.3) is 5.91 Å². The lowest BCUT2D eigenvalue weighted by molar-refractivity contribution is 0.0926. The van der Waals surface area contributed by atoms with Crippen molar-refractivity contribution in [1.82, 2.24) is 15.8 Å². The van der Waals surface area contributed by atoms with E-state index in [1.807, 2.05) is 32.9 Å². The standard InChI is InChI=1S/C38H42BN5O6/c1-8-9-10-11-12-24-14-27(23-40-20-24)35(46)43-41-21-25-13-26(16-29(15-25)39(48)49)22-42-44-36(47)33-19-32(45)30-17-28(37(2,3)4)18-31(34(30)50-33)38(5,6)7/h13-23,48-49H,8-10H2,1-7H3,(H,43,46)(H,44,47)/b41-21+,42-22+. The molecule has 2 aromatic heterocycles. The van der Waals surface area contributed by atoms with Crippen molar-refractivity contribution in [3.05, 3.63) is 104 Å². The first-order chi connectivity index (χ1) is 23.6. The second-order valence-electron chi connectivity index (χ2n) is 13.9. The van der Waals surface area contributed by atoms with Gasteiger partial charge in [-0.15, -0.1) is 0 Å². The molecule has 4 N–H and O–H groups in total. The molecular weight excluding hydrogens is 633 g/mol. The summed E-state index contributed by atoms with van der Waals surface area (Å²) in [6, 6.07) is 11.1. The molecule has 0 radical (unpaired) electrons. The van der Waals surface area contributed by atoms with E-state index >= 15 is 0 Å². The number of nitrogens with one attached hydrogen (secondary N) is 2. The molecule has 258 valence electrons. The van der Waals surface area contributed by atoms with Crippen LogP contribution in [0.1, 0.15) is 116 Å². The maximum absolute atomic E-state index is 13.2. The Kier molecular flexibility index (Phi) is 11.9. The van der Waals surface area contributed by atoms with Crippen LogP contribution in [0.2, 0.25) is 0 Å². The van der Waals surface area contributed by atoms with Gasteiger partial charge >= 0.3 is 13.0 Å². The fourth-order valence-corrected chi connectivity index (χ4v) is 4.87. The molecule has 12 heteroatoms. The van der Waals surface area contributed by atoms with E-state index in [0.29, 0.717) is 27.7 Å². The number of pyridine rings is 1. The molecule has 0 aliphatic carbocycles. The molecule has 2 amide bonds. The highest BCUT2D eigenvalue weighted by atomic mass is 16.4. The van der Waals surface area contributed by atoms with Gasteiger partial charge in [-0.25, -0.2) is 10.9 Å². The van der Waals surface area contributed by atoms with Gasteiger partial charge in [0.2, 0.25) is 0 Å². The second kappa shape index (κ2) is 15.9. The van der Waals surface area contributed by atoms with Crippen LogP contribution in [0.15, 0.2) is 74.3 Å². The van der Waals surface area contributed by atoms with Crippen molar-refractivity contribution in [2.24, 2.45) is 10.2 Å². The van der Waals surface area contributed by atoms with Gasteiger partial charge in [0.15, 0.2) is 11.2 Å². The molecule has 0 aliphatic rings. The number of amides is 2. The highest BCUT2D eigenvalue weighted by Crippen LogP contribution is 2.34. The Labute approximate surface area is 292 Å². The first kappa shape index (κ1) is 37.4. The summed E-state index contributed by atoms with van der Waals surface area (Å²) in [5.41, 5.74) is 7.79. The molecule has 2 aromatic carbocycles. The molecule has 4 aromatic rings. The lowest BCUT2D eigenvalue weighted by Crippen LogP contribution is -2.30. The summed E-state index contributed by atoms with van der Waals surface area (Å²) >= 11 is 0. The minimum absolute atomic E-state index is 0.122. The SMILES string of the molecule is CCCCC#Cc1cncc(C(=O)N/N=C/c2cc(/C=N/NC(=O)c3cc(=O)c4cc(C(C)(C)C)cc(C(C)(C)C)c4o3)cc(B(O)O)c2)c1. The summed E-state index contributed by atoms with van der Waals surface area (Å²) in [6.07, 6.45) is 8.40. The highest BCUT2D eigenvalue weighted by molar-refractivity contribution is 6.58. The zero-order valence-electron chi connectivity index (χ0n) is 29.4. The minimum atomic E-state index is -1.81. The van der Waals surface area contributed by atoms with Gasteiger partial charge in [0, 0.05) is 36.0 Å². The molecule has 0 spiro atoms. The van der Waals surface area contributed by atoms with Crippen molar-refractivity contribution in [3.8, 4) is 11.8 Å². The van der Waals surface area contributed by atoms with E-state index < -0.39 is 18.9 Å². The van der Waals surface area contributed by atoms with Crippen LogP contribution in [0.5, 0.6) is 0 Å². The van der Waals surface area contributed by atoms with Crippen LogP contribution >= 0.6 is 0 Å². The largest absolute Gasteiger partial charge is 0.488 e. The molecule has 50 heavy (non-hydrogen) atoms. The average Bonchev–Trinajstić information content (AvgIpc) is 3.05. The van der Waals surface area contributed by atoms with Crippen molar-refractivity contribution in [2.45, 2.75) is 78.6 Å². The fraction of sp³-hybridized carbons (Fsp3) is 0.316. The molecule has 0 fully saturated rings. The van der Waals surface area contributed by atoms with E-state index in [9.17, 15) is 24.4 Å². The summed E-state index contributed by atoms with van der Waals surface area (Å²) < 4.78 is 6.02. The number of nitrogens with zero attached hydrogens (tertiary/aromatic N) is 3. The van der Waals surface area contributed by atoms with Crippen LogP contribution < -0.4 is 21.7 Å². The lowest BCUT2D eigenvalue weighted by Gasteiger charge is -2.26. The zero-order chi connectivity index (χ0) is 36.6. The predicted octanol–water partition coefficient (Wildman–Crippen LogP) is 4.53. The Bertz CT molecular complexity index is 2080. The summed E-state index contributed by atoms with van der Waals surface area (Å²) in [5, 5.41) is 28.0. The molecule has 0 unspecified atom stereocenters. The smallest absolute Gasteiger partial charge is 0.450 e. The lowest BCUT2D eigenvalue weighted by atomic mass is 9.79. The van der Waals surface area contributed by atoms with Crippen LogP contribution in [0, 0.1) is 11.8 Å². The predicted molar refractivity (Wildman–Crippen MR) is 197 cm³/mol. The third kappa shape index (κ3) is 9.84. The normalized spacial score (nSPS) is 11.9. The molecule has 0 aliphatic heterocycles. The first-order valence-corrected chi connectivity index (χ1v) is 16.3. The van der Waals surface area contributed by atoms with Crippen LogP contribution in [-0.4, -0.2) is 46.4 Å². The third-order valence-corrected chi connectivity index (χ3v) is 7.67. The Morgan fingerprint density at radius 1 is 0.900 bits per heavy atom. The van der Waals surface area contributed by atoms with Crippen molar-refractivity contribution < 1.29 is 24.1 Å². The Morgan fingerprint density at radius 2 is 1.56 bits per heavy atom. The van der Waals surface area contributed by atoms with Gasteiger partial charge in [-0.05, 0) is 57.6 Å². The van der Waals surface area contributed by atoms with Crippen LogP contribution in [0.3, 0.4) is 0 Å². The molecule has 0 bridgehead atoms. The number of unbranched alkanes of at least 4 members (excludes halogenated alkanes) is 2. The van der Waals surface area contributed by atoms with Crippen molar-refractivity contribution in [1.29, 1.82) is 0 Å². The van der Waals surface area contributed by atoms with Crippen molar-refractivity contribution in [3.63, 3.8) is 0 Å². The minimum Gasteiger partial charge on any atom is -0.450 e. The summed E-state index contributed by atoms with van der Waals surface area (Å²) in [4.78, 5) is 43.0. The van der Waals surface area contributed by atoms with Crippen LogP contribution in [0.4, 0.5) is 0 Å². The monoisotopic (exact) mass is 675 g/mol. The molecule has 0 saturated carbocycles. The Morgan fingerprint density at radius 3 is 2.16 bits per heavy atom. The topological polar surface area (TPSA) is 166 Å². The van der Waals surface area contributed by atoms with Crippen LogP contribution in [0.25, 0.3) is 11.0 Å². The average molecular weight is 676 g/mol. The number of carbonyl (C=O) groups excluding carboxylic acids is 2. The number of hydrazone groups is 2. The molecule has 0 atom stereocenters. The number of hydrogen-bond donors (Lipinski definition) is 4. The zero-order valence-corrected chi connectivity index (χ0v) is 29.4. The molecule has 2 heterocycles. The van der Waals surface area contributed by atoms with Crippen LogP contribution in [-0.2, 0) is 10.8 Å². The van der Waals surface area contributed by atoms with Gasteiger partial charge in [0.05, 0.1) is 23.4 Å². The maximum Gasteiger partial charge on any atom is 0.488 e. The fourth-order valence-electron chi connectivity index (χ4n) is 4.87. The van der Waals surface area contributed by atoms with Gasteiger partial charge in [0.1, 0.15) is 5.58 Å². The van der Waals surface area contributed by atoms with E-state index in [1.165, 1.54) is 30.8 Å². The number of carbonyl (C=O) groups is 2. The molecule has 4 rings (SSSR count). The Hall–Kier alpha value is -5.38. The van der Waals surface area contributed by atoms with E-state index in [4.69, 9.17) is 4.42 Å². The summed E-state index contributed by atoms with van der Waals surface area (Å²) in [5.74, 6) is 4.61. The van der Waals surface area contributed by atoms with E-state index in [1.54, 1.807) is 18.3 Å². The molecule has 0 saturated heterocycles. The molecular formula is C38H42BN5O6. The van der Waals surface area contributed by atoms with Gasteiger partial charge in [-0.3, -0.25) is 19.4 Å². The Balaban J connectivity index is 1.52. The summed E-state index contributed by atoms with van der Waals surface area (Å²) in [7, 11) is -1.81. The van der Waals surface area contributed by atoms with Crippen molar-refractivity contribution in [2.75, 3.05) is 0 Å². The quantitative estimate of drug-likeness (QED) is 0.0665. The number of benzene rings is 2. The number of hydrogen-bond acceptors (Lipinski definition) is 9. The van der Waals surface area contributed by atoms with Gasteiger partial charge in [-0.1, -0.05) is 84.9 Å². The van der Waals surface area contributed by atoms with E-state index in [0.717, 1.165) is 36.5 Å². The third-order valence-electron chi connectivity index (χ3n) is 7.67. The maximum atomic E-state index is 13.2. The van der Waals surface area contributed by atoms with Gasteiger partial charge < -0.3 is 14.5 Å². The van der Waals surface area contributed by atoms with E-state index in [2.05, 4.69) is 65.6 Å². The summed E-state index contributed by atoms with van der Waals surface area (Å²) in [6.45, 7) is 14.3. The van der Waals surface area contributed by atoms with E-state index in [-0.39, 0.29) is 33.0 Å². The number of fused-ring (bicyclic) bond motifs is 1. The van der Waals surface area contributed by atoms with Crippen molar-refractivity contribution >= 4 is 47.8 Å². The number of rotatable bonds is 9. The molecule has 11 nitrogen and oxygen atoms in total. The second-order valence-corrected chi connectivity index (χ2v) is 13.9.